The highest BCUT2D eigenvalue weighted by molar-refractivity contribution is 6.05. The van der Waals surface area contributed by atoms with Crippen LogP contribution in [0, 0.1) is 5.92 Å². The minimum absolute atomic E-state index is 0.0237. The van der Waals surface area contributed by atoms with E-state index in [0.717, 1.165) is 12.8 Å². The number of hydrogen-bond acceptors (Lipinski definition) is 4. The molecule has 1 aliphatic carbocycles. The summed E-state index contributed by atoms with van der Waals surface area (Å²) in [5, 5.41) is 6.17. The van der Waals surface area contributed by atoms with Crippen molar-refractivity contribution in [3.05, 3.63) is 70.6 Å². The Labute approximate surface area is 148 Å². The monoisotopic (exact) mass is 348 g/mol. The number of amides is 2. The first-order chi connectivity index (χ1) is 12.6. The zero-order chi connectivity index (χ0) is 18.1. The van der Waals surface area contributed by atoms with Crippen molar-refractivity contribution in [3.63, 3.8) is 0 Å². The molecular formula is C20H16N2O4. The fraction of sp³-hybridized carbons (Fsp3) is 0.150. The van der Waals surface area contributed by atoms with E-state index >= 15 is 0 Å². The van der Waals surface area contributed by atoms with Crippen molar-refractivity contribution in [2.24, 2.45) is 5.92 Å². The number of fused-ring (bicyclic) bond motifs is 1. The van der Waals surface area contributed by atoms with E-state index in [1.165, 1.54) is 6.07 Å². The first kappa shape index (κ1) is 16.1. The highest BCUT2D eigenvalue weighted by Gasteiger charge is 2.29. The van der Waals surface area contributed by atoms with Gasteiger partial charge in [0.15, 0.2) is 0 Å². The van der Waals surface area contributed by atoms with Gasteiger partial charge in [-0.1, -0.05) is 18.2 Å². The Kier molecular flexibility index (Phi) is 4.01. The van der Waals surface area contributed by atoms with Crippen LogP contribution in [0.3, 0.4) is 0 Å². The molecule has 2 aromatic carbocycles. The van der Waals surface area contributed by atoms with Crippen LogP contribution in [-0.2, 0) is 4.79 Å². The van der Waals surface area contributed by atoms with Crippen molar-refractivity contribution in [2.45, 2.75) is 12.8 Å². The lowest BCUT2D eigenvalue weighted by Crippen LogP contribution is -2.20. The van der Waals surface area contributed by atoms with Gasteiger partial charge in [-0.2, -0.15) is 0 Å². The highest BCUT2D eigenvalue weighted by atomic mass is 16.4. The van der Waals surface area contributed by atoms with Gasteiger partial charge in [-0.15, -0.1) is 0 Å². The number of rotatable bonds is 4. The SMILES string of the molecule is O=C(Nc1ccc(NC(=O)C2CC2)cc1)c1cc2ccccc2oc1=O. The third kappa shape index (κ3) is 3.35. The number of hydrogen-bond donors (Lipinski definition) is 2. The molecule has 26 heavy (non-hydrogen) atoms. The molecule has 1 fully saturated rings. The number of anilines is 2. The van der Waals surface area contributed by atoms with Gasteiger partial charge in [-0.3, -0.25) is 9.59 Å². The largest absolute Gasteiger partial charge is 0.422 e. The molecule has 2 N–H and O–H groups in total. The maximum atomic E-state index is 12.4. The smallest absolute Gasteiger partial charge is 0.349 e. The van der Waals surface area contributed by atoms with Gasteiger partial charge >= 0.3 is 5.63 Å². The number of benzene rings is 2. The molecule has 0 unspecified atom stereocenters. The van der Waals surface area contributed by atoms with Gasteiger partial charge in [0, 0.05) is 22.7 Å². The molecule has 2 amide bonds. The second-order valence-corrected chi connectivity index (χ2v) is 6.28. The third-order valence-electron chi connectivity index (χ3n) is 4.24. The zero-order valence-electron chi connectivity index (χ0n) is 13.8. The molecule has 4 rings (SSSR count). The van der Waals surface area contributed by atoms with Crippen LogP contribution in [0.15, 0.2) is 63.8 Å². The Balaban J connectivity index is 1.50. The molecule has 0 spiro atoms. The summed E-state index contributed by atoms with van der Waals surface area (Å²) in [7, 11) is 0. The van der Waals surface area contributed by atoms with E-state index in [9.17, 15) is 14.4 Å². The van der Waals surface area contributed by atoms with Gasteiger partial charge in [0.1, 0.15) is 11.1 Å². The number of para-hydroxylation sites is 1. The van der Waals surface area contributed by atoms with E-state index < -0.39 is 11.5 Å². The van der Waals surface area contributed by atoms with E-state index in [-0.39, 0.29) is 17.4 Å². The molecule has 3 aromatic rings. The van der Waals surface area contributed by atoms with Crippen LogP contribution >= 0.6 is 0 Å². The molecule has 1 aliphatic rings. The molecule has 0 saturated heterocycles. The van der Waals surface area contributed by atoms with Crippen LogP contribution in [0.1, 0.15) is 23.2 Å². The maximum Gasteiger partial charge on any atom is 0.349 e. The van der Waals surface area contributed by atoms with Crippen molar-refractivity contribution in [1.82, 2.24) is 0 Å². The molecule has 6 heteroatoms. The summed E-state index contributed by atoms with van der Waals surface area (Å²) in [5.74, 6) is -0.392. The summed E-state index contributed by atoms with van der Waals surface area (Å²) in [4.78, 5) is 36.2. The van der Waals surface area contributed by atoms with E-state index in [0.29, 0.717) is 22.3 Å². The average Bonchev–Trinajstić information content (AvgIpc) is 3.48. The highest BCUT2D eigenvalue weighted by Crippen LogP contribution is 2.30. The Bertz CT molecular complexity index is 1050. The Morgan fingerprint density at radius 2 is 1.58 bits per heavy atom. The topological polar surface area (TPSA) is 88.4 Å². The normalized spacial score (nSPS) is 13.4. The Morgan fingerprint density at radius 3 is 2.27 bits per heavy atom. The lowest BCUT2D eigenvalue weighted by Gasteiger charge is -2.07. The van der Waals surface area contributed by atoms with Crippen molar-refractivity contribution in [1.29, 1.82) is 0 Å². The predicted molar refractivity (Wildman–Crippen MR) is 98.2 cm³/mol. The van der Waals surface area contributed by atoms with Gasteiger partial charge in [0.25, 0.3) is 5.91 Å². The fourth-order valence-electron chi connectivity index (χ4n) is 2.65. The maximum absolute atomic E-state index is 12.4. The van der Waals surface area contributed by atoms with Crippen LogP contribution in [-0.4, -0.2) is 11.8 Å². The molecule has 130 valence electrons. The number of carbonyl (C=O) groups is 2. The van der Waals surface area contributed by atoms with Crippen molar-refractivity contribution in [2.75, 3.05) is 10.6 Å². The van der Waals surface area contributed by atoms with Crippen LogP contribution < -0.4 is 16.3 Å². The van der Waals surface area contributed by atoms with Gasteiger partial charge in [-0.25, -0.2) is 4.79 Å². The summed E-state index contributed by atoms with van der Waals surface area (Å²) in [6.45, 7) is 0. The summed E-state index contributed by atoms with van der Waals surface area (Å²) in [5.41, 5.74) is 0.881. The molecule has 0 radical (unpaired) electrons. The van der Waals surface area contributed by atoms with Gasteiger partial charge in [-0.05, 0) is 49.2 Å². The first-order valence-electron chi connectivity index (χ1n) is 8.35. The summed E-state index contributed by atoms with van der Waals surface area (Å²) < 4.78 is 5.18. The molecule has 0 atom stereocenters. The number of carbonyl (C=O) groups excluding carboxylic acids is 2. The molecular weight excluding hydrogens is 332 g/mol. The molecule has 6 nitrogen and oxygen atoms in total. The minimum Gasteiger partial charge on any atom is -0.422 e. The molecule has 1 saturated carbocycles. The quantitative estimate of drug-likeness (QED) is 0.707. The molecule has 0 bridgehead atoms. The summed E-state index contributed by atoms with van der Waals surface area (Å²) >= 11 is 0. The van der Waals surface area contributed by atoms with E-state index in [1.54, 1.807) is 48.5 Å². The Hall–Kier alpha value is -3.41. The average molecular weight is 348 g/mol. The third-order valence-corrected chi connectivity index (χ3v) is 4.24. The van der Waals surface area contributed by atoms with Gasteiger partial charge in [0.2, 0.25) is 5.91 Å². The molecule has 0 aliphatic heterocycles. The van der Waals surface area contributed by atoms with Gasteiger partial charge in [0.05, 0.1) is 0 Å². The Morgan fingerprint density at radius 1 is 0.923 bits per heavy atom. The standard InChI is InChI=1S/C20H16N2O4/c23-18(12-5-6-12)21-14-7-9-15(10-8-14)22-19(24)16-11-13-3-1-2-4-17(13)26-20(16)25/h1-4,7-12H,5-6H2,(H,21,23)(H,22,24). The van der Waals surface area contributed by atoms with E-state index in [2.05, 4.69) is 10.6 Å². The lowest BCUT2D eigenvalue weighted by molar-refractivity contribution is -0.117. The van der Waals surface area contributed by atoms with Crippen LogP contribution in [0.4, 0.5) is 11.4 Å². The lowest BCUT2D eigenvalue weighted by atomic mass is 10.1. The summed E-state index contributed by atoms with van der Waals surface area (Å²) in [6, 6.07) is 15.3. The van der Waals surface area contributed by atoms with Crippen LogP contribution in [0.25, 0.3) is 11.0 Å². The van der Waals surface area contributed by atoms with Crippen LogP contribution in [0.5, 0.6) is 0 Å². The minimum atomic E-state index is -0.686. The van der Waals surface area contributed by atoms with Crippen LogP contribution in [0.2, 0.25) is 0 Å². The molecule has 1 aromatic heterocycles. The van der Waals surface area contributed by atoms with Crippen molar-refractivity contribution in [3.8, 4) is 0 Å². The second-order valence-electron chi connectivity index (χ2n) is 6.28. The molecule has 1 heterocycles. The number of nitrogens with one attached hydrogen (secondary N) is 2. The zero-order valence-corrected chi connectivity index (χ0v) is 13.8. The van der Waals surface area contributed by atoms with E-state index in [4.69, 9.17) is 4.42 Å². The second kappa shape index (κ2) is 6.48. The van der Waals surface area contributed by atoms with Gasteiger partial charge < -0.3 is 15.1 Å². The fourth-order valence-corrected chi connectivity index (χ4v) is 2.65. The summed E-state index contributed by atoms with van der Waals surface area (Å²) in [6.07, 6.45) is 1.88. The first-order valence-corrected chi connectivity index (χ1v) is 8.35. The van der Waals surface area contributed by atoms with E-state index in [1.807, 2.05) is 0 Å². The van der Waals surface area contributed by atoms with Crippen molar-refractivity contribution < 1.29 is 14.0 Å². The predicted octanol–water partition coefficient (Wildman–Crippen LogP) is 3.39. The van der Waals surface area contributed by atoms with Crippen molar-refractivity contribution >= 4 is 34.2 Å².